The van der Waals surface area contributed by atoms with Crippen LogP contribution in [-0.4, -0.2) is 32.5 Å². The highest BCUT2D eigenvalue weighted by Gasteiger charge is 2.30. The molecule has 5 rings (SSSR count). The van der Waals surface area contributed by atoms with Crippen LogP contribution in [0.3, 0.4) is 0 Å². The van der Waals surface area contributed by atoms with Gasteiger partial charge in [-0.2, -0.15) is 0 Å². The Bertz CT molecular complexity index is 1520. The summed E-state index contributed by atoms with van der Waals surface area (Å²) in [4.78, 5) is 40.1. The van der Waals surface area contributed by atoms with Gasteiger partial charge >= 0.3 is 6.03 Å². The van der Waals surface area contributed by atoms with Crippen molar-refractivity contribution >= 4 is 45.1 Å². The molecule has 0 aliphatic carbocycles. The summed E-state index contributed by atoms with van der Waals surface area (Å²) in [5.74, 6) is -2.31. The third-order valence-corrected chi connectivity index (χ3v) is 6.57. The van der Waals surface area contributed by atoms with E-state index in [-0.39, 0.29) is 41.1 Å². The highest BCUT2D eigenvalue weighted by atomic mass is 32.1. The molecule has 2 aromatic heterocycles. The summed E-state index contributed by atoms with van der Waals surface area (Å²) in [6, 6.07) is 7.16. The minimum absolute atomic E-state index is 0.0751. The molecule has 1 saturated heterocycles. The van der Waals surface area contributed by atoms with E-state index in [0.717, 1.165) is 29.0 Å². The molecular weight excluding hydrogens is 492 g/mol. The molecule has 184 valence electrons. The van der Waals surface area contributed by atoms with Gasteiger partial charge in [-0.25, -0.2) is 18.6 Å². The third kappa shape index (κ3) is 4.62. The quantitative estimate of drug-likeness (QED) is 0.301. The first-order valence-corrected chi connectivity index (χ1v) is 11.8. The number of nitrogens with zero attached hydrogens (tertiary/aromatic N) is 2. The zero-order chi connectivity index (χ0) is 25.4. The summed E-state index contributed by atoms with van der Waals surface area (Å²) in [6.45, 7) is 0.164. The molecule has 0 bridgehead atoms. The fourth-order valence-electron chi connectivity index (χ4n) is 4.04. The second kappa shape index (κ2) is 9.38. The maximum Gasteiger partial charge on any atom is 0.321 e. The lowest BCUT2D eigenvalue weighted by Gasteiger charge is -2.22. The molecule has 0 radical (unpaired) electrons. The van der Waals surface area contributed by atoms with E-state index in [1.807, 2.05) is 0 Å². The van der Waals surface area contributed by atoms with E-state index >= 15 is 0 Å². The van der Waals surface area contributed by atoms with Crippen LogP contribution in [0, 0.1) is 11.6 Å². The number of hydrogen-bond acceptors (Lipinski definition) is 6. The predicted molar refractivity (Wildman–Crippen MR) is 128 cm³/mol. The fourth-order valence-corrected chi connectivity index (χ4v) is 4.75. The molecule has 36 heavy (non-hydrogen) atoms. The number of thiazole rings is 1. The molecule has 4 N–H and O–H groups in total. The van der Waals surface area contributed by atoms with Crippen molar-refractivity contribution in [3.05, 3.63) is 65.2 Å². The smallest absolute Gasteiger partial charge is 0.321 e. The van der Waals surface area contributed by atoms with Crippen LogP contribution in [0.15, 0.2) is 48.0 Å². The molecule has 1 aliphatic heterocycles. The van der Waals surface area contributed by atoms with Crippen molar-refractivity contribution in [3.63, 3.8) is 0 Å². The van der Waals surface area contributed by atoms with Crippen molar-refractivity contribution in [1.82, 2.24) is 20.2 Å². The van der Waals surface area contributed by atoms with E-state index in [0.29, 0.717) is 17.2 Å². The second-order valence-electron chi connectivity index (χ2n) is 8.22. The molecule has 1 atom stereocenters. The number of imide groups is 1. The van der Waals surface area contributed by atoms with Gasteiger partial charge in [-0.05, 0) is 36.2 Å². The largest absolute Gasteiger partial charge is 0.494 e. The maximum atomic E-state index is 14.0. The number of anilines is 1. The van der Waals surface area contributed by atoms with Crippen molar-refractivity contribution in [2.24, 2.45) is 0 Å². The molecule has 0 spiro atoms. The molecule has 1 unspecified atom stereocenters. The van der Waals surface area contributed by atoms with Gasteiger partial charge in [-0.15, -0.1) is 11.3 Å². The lowest BCUT2D eigenvalue weighted by atomic mass is 10.1. The van der Waals surface area contributed by atoms with Crippen molar-refractivity contribution in [2.75, 3.05) is 5.32 Å². The SMILES string of the molecule is O=C1CCC(n2cc3cc(CNC(=O)Nc4nc(-c5ccc(F)cc5F)cs4)ccc3c2O)C(=O)N1. The Morgan fingerprint density at radius 2 is 2.06 bits per heavy atom. The van der Waals surface area contributed by atoms with Gasteiger partial charge in [0.2, 0.25) is 11.8 Å². The number of halogens is 2. The van der Waals surface area contributed by atoms with Gasteiger partial charge in [0.15, 0.2) is 11.0 Å². The Kier molecular flexibility index (Phi) is 6.10. The van der Waals surface area contributed by atoms with Crippen molar-refractivity contribution in [3.8, 4) is 17.1 Å². The standard InChI is InChI=1S/C24H19F2N5O4S/c25-14-2-4-16(17(26)8-14)18-11-36-24(28-18)30-23(35)27-9-12-1-3-15-13(7-12)10-31(22(15)34)19-5-6-20(32)29-21(19)33/h1-4,7-8,10-11,19,34H,5-6,9H2,(H,29,32,33)(H2,27,28,30,35). The normalized spacial score (nSPS) is 15.7. The first-order chi connectivity index (χ1) is 17.3. The Balaban J connectivity index is 1.24. The molecule has 4 aromatic rings. The number of carbonyl (C=O) groups is 3. The molecule has 2 aromatic carbocycles. The van der Waals surface area contributed by atoms with Crippen molar-refractivity contribution < 1.29 is 28.3 Å². The monoisotopic (exact) mass is 511 g/mol. The molecule has 9 nitrogen and oxygen atoms in total. The fraction of sp³-hybridized carbons (Fsp3) is 0.167. The van der Waals surface area contributed by atoms with Crippen LogP contribution in [0.1, 0.15) is 24.4 Å². The summed E-state index contributed by atoms with van der Waals surface area (Å²) in [5, 5.41) is 21.1. The number of aromatic nitrogens is 2. The number of rotatable bonds is 5. The average molecular weight is 512 g/mol. The Morgan fingerprint density at radius 1 is 1.22 bits per heavy atom. The lowest BCUT2D eigenvalue weighted by Crippen LogP contribution is -2.41. The molecule has 1 aliphatic rings. The molecule has 4 amide bonds. The second-order valence-corrected chi connectivity index (χ2v) is 9.08. The number of nitrogens with one attached hydrogen (secondary N) is 3. The van der Waals surface area contributed by atoms with E-state index in [2.05, 4.69) is 20.9 Å². The average Bonchev–Trinajstić information content (AvgIpc) is 3.42. The number of aromatic hydroxyl groups is 1. The lowest BCUT2D eigenvalue weighted by molar-refractivity contribution is -0.135. The van der Waals surface area contributed by atoms with Crippen LogP contribution >= 0.6 is 11.3 Å². The zero-order valence-corrected chi connectivity index (χ0v) is 19.4. The molecule has 1 fully saturated rings. The number of benzene rings is 2. The topological polar surface area (TPSA) is 125 Å². The third-order valence-electron chi connectivity index (χ3n) is 5.81. The maximum absolute atomic E-state index is 14.0. The van der Waals surface area contributed by atoms with Crippen molar-refractivity contribution in [2.45, 2.75) is 25.4 Å². The summed E-state index contributed by atoms with van der Waals surface area (Å²) >= 11 is 1.10. The summed E-state index contributed by atoms with van der Waals surface area (Å²) < 4.78 is 28.5. The van der Waals surface area contributed by atoms with Gasteiger partial charge in [0.25, 0.3) is 0 Å². The number of urea groups is 1. The molecule has 3 heterocycles. The number of carbonyl (C=O) groups excluding carboxylic acids is 3. The highest BCUT2D eigenvalue weighted by molar-refractivity contribution is 7.14. The summed E-state index contributed by atoms with van der Waals surface area (Å²) in [7, 11) is 0. The zero-order valence-electron chi connectivity index (χ0n) is 18.5. The van der Waals surface area contributed by atoms with Gasteiger partial charge in [-0.3, -0.25) is 20.2 Å². The minimum atomic E-state index is -0.746. The van der Waals surface area contributed by atoms with Crippen LogP contribution in [0.2, 0.25) is 0 Å². The number of amides is 4. The van der Waals surface area contributed by atoms with Gasteiger partial charge < -0.3 is 15.0 Å². The van der Waals surface area contributed by atoms with Crippen LogP contribution < -0.4 is 16.0 Å². The molecule has 0 saturated carbocycles. The summed E-state index contributed by atoms with van der Waals surface area (Å²) in [5.41, 5.74) is 1.15. The number of piperidine rings is 1. The Hall–Kier alpha value is -4.32. The minimum Gasteiger partial charge on any atom is -0.494 e. The van der Waals surface area contributed by atoms with E-state index in [9.17, 15) is 28.3 Å². The number of fused-ring (bicyclic) bond motifs is 1. The highest BCUT2D eigenvalue weighted by Crippen LogP contribution is 2.33. The van der Waals surface area contributed by atoms with Crippen molar-refractivity contribution in [1.29, 1.82) is 0 Å². The first-order valence-electron chi connectivity index (χ1n) is 10.9. The van der Waals surface area contributed by atoms with Crippen LogP contribution in [0.5, 0.6) is 5.88 Å². The van der Waals surface area contributed by atoms with Crippen LogP contribution in [0.4, 0.5) is 18.7 Å². The molecule has 12 heteroatoms. The van der Waals surface area contributed by atoms with E-state index in [1.165, 1.54) is 10.6 Å². The van der Waals surface area contributed by atoms with E-state index in [1.54, 1.807) is 29.8 Å². The van der Waals surface area contributed by atoms with Gasteiger partial charge in [0, 0.05) is 46.9 Å². The van der Waals surface area contributed by atoms with Gasteiger partial charge in [0.05, 0.1) is 5.69 Å². The molecular formula is C24H19F2N5O4S. The summed E-state index contributed by atoms with van der Waals surface area (Å²) in [6.07, 6.45) is 2.12. The number of hydrogen-bond donors (Lipinski definition) is 4. The van der Waals surface area contributed by atoms with Crippen LogP contribution in [-0.2, 0) is 16.1 Å². The van der Waals surface area contributed by atoms with Gasteiger partial charge in [-0.1, -0.05) is 6.07 Å². The first kappa shape index (κ1) is 23.4. The Morgan fingerprint density at radius 3 is 2.83 bits per heavy atom. The van der Waals surface area contributed by atoms with Crippen LogP contribution in [0.25, 0.3) is 22.0 Å². The van der Waals surface area contributed by atoms with E-state index < -0.39 is 29.6 Å². The van der Waals surface area contributed by atoms with Gasteiger partial charge in [0.1, 0.15) is 17.7 Å². The predicted octanol–water partition coefficient (Wildman–Crippen LogP) is 4.05. The van der Waals surface area contributed by atoms with E-state index in [4.69, 9.17) is 0 Å². The Labute approximate surface area is 206 Å².